The van der Waals surface area contributed by atoms with E-state index < -0.39 is 0 Å². The van der Waals surface area contributed by atoms with Crippen LogP contribution in [0.3, 0.4) is 0 Å². The second-order valence-corrected chi connectivity index (χ2v) is 8.87. The number of amides is 1. The molecule has 5 nitrogen and oxygen atoms in total. The molecule has 0 aliphatic heterocycles. The van der Waals surface area contributed by atoms with Gasteiger partial charge in [-0.2, -0.15) is 0 Å². The molecule has 0 radical (unpaired) electrons. The first-order valence-electron chi connectivity index (χ1n) is 9.77. The number of pyridine rings is 1. The molecule has 2 N–H and O–H groups in total. The number of hydrogen-bond acceptors (Lipinski definition) is 6. The van der Waals surface area contributed by atoms with Crippen LogP contribution in [-0.4, -0.2) is 21.1 Å². The number of benzene rings is 1. The SMILES string of the molecule is CC.O=C(NC1(c2csc(NSC3CC3)n2)CC1)c1ccc2cccnc2c1. The normalized spacial score (nSPS) is 16.8. The second-order valence-electron chi connectivity index (χ2n) is 6.90. The van der Waals surface area contributed by atoms with Crippen molar-refractivity contribution in [2.75, 3.05) is 4.72 Å². The van der Waals surface area contributed by atoms with Crippen molar-refractivity contribution < 1.29 is 4.79 Å². The first kappa shape index (κ1) is 19.2. The Kier molecular flexibility index (Phi) is 5.55. The van der Waals surface area contributed by atoms with Crippen LogP contribution in [-0.2, 0) is 5.54 Å². The highest BCUT2D eigenvalue weighted by Gasteiger charge is 2.47. The molecular formula is C21H24N4OS2. The van der Waals surface area contributed by atoms with Gasteiger partial charge in [0, 0.05) is 27.8 Å². The van der Waals surface area contributed by atoms with Gasteiger partial charge < -0.3 is 10.0 Å². The Balaban J connectivity index is 0.000000932. The molecule has 0 bridgehead atoms. The summed E-state index contributed by atoms with van der Waals surface area (Å²) in [7, 11) is 0. The van der Waals surface area contributed by atoms with Gasteiger partial charge in [0.2, 0.25) is 0 Å². The minimum absolute atomic E-state index is 0.0649. The molecule has 5 rings (SSSR count). The number of aromatic nitrogens is 2. The standard InChI is InChI=1S/C19H18N4OS2.C2H6/c24-17(13-4-3-12-2-1-9-20-15(12)10-13)22-19(7-8-19)16-11-25-18(21-16)23-26-14-5-6-14;1-2/h1-4,9-11,14H,5-8H2,(H,21,23)(H,22,24);1-2H3. The third-order valence-electron chi connectivity index (χ3n) is 4.80. The van der Waals surface area contributed by atoms with Crippen LogP contribution in [0.1, 0.15) is 55.6 Å². The van der Waals surface area contributed by atoms with E-state index in [0.29, 0.717) is 5.56 Å². The molecule has 2 saturated carbocycles. The molecule has 2 aromatic heterocycles. The number of carbonyl (C=O) groups is 1. The van der Waals surface area contributed by atoms with Gasteiger partial charge in [-0.1, -0.05) is 26.0 Å². The summed E-state index contributed by atoms with van der Waals surface area (Å²) in [6.07, 6.45) is 6.19. The number of rotatable bonds is 6. The van der Waals surface area contributed by atoms with E-state index in [-0.39, 0.29) is 11.4 Å². The fourth-order valence-corrected chi connectivity index (χ4v) is 4.60. The molecule has 1 aromatic carbocycles. The Hall–Kier alpha value is -2.12. The molecule has 3 aromatic rings. The zero-order valence-electron chi connectivity index (χ0n) is 16.1. The molecule has 0 spiro atoms. The van der Waals surface area contributed by atoms with Gasteiger partial charge in [-0.15, -0.1) is 11.3 Å². The average molecular weight is 413 g/mol. The fraction of sp³-hybridized carbons (Fsp3) is 0.381. The van der Waals surface area contributed by atoms with Crippen molar-refractivity contribution in [2.24, 2.45) is 0 Å². The highest BCUT2D eigenvalue weighted by Crippen LogP contribution is 2.46. The monoisotopic (exact) mass is 412 g/mol. The third kappa shape index (κ3) is 4.15. The molecule has 7 heteroatoms. The third-order valence-corrected chi connectivity index (χ3v) is 6.81. The van der Waals surface area contributed by atoms with Crippen LogP contribution in [0.25, 0.3) is 10.9 Å². The summed E-state index contributed by atoms with van der Waals surface area (Å²) in [5, 5.41) is 7.95. The van der Waals surface area contributed by atoms with E-state index in [1.165, 1.54) is 12.8 Å². The predicted octanol–water partition coefficient (Wildman–Crippen LogP) is 5.36. The van der Waals surface area contributed by atoms with Crippen LogP contribution in [0.2, 0.25) is 0 Å². The highest BCUT2D eigenvalue weighted by atomic mass is 32.2. The Bertz CT molecular complexity index is 979. The average Bonchev–Trinajstić information content (AvgIpc) is 3.67. The lowest BCUT2D eigenvalue weighted by molar-refractivity contribution is 0.0930. The number of thiazole rings is 1. The molecule has 146 valence electrons. The zero-order chi connectivity index (χ0) is 19.6. The summed E-state index contributed by atoms with van der Waals surface area (Å²) in [5.74, 6) is -0.0649. The van der Waals surface area contributed by atoms with Gasteiger partial charge in [0.25, 0.3) is 5.91 Å². The van der Waals surface area contributed by atoms with E-state index in [9.17, 15) is 4.79 Å². The summed E-state index contributed by atoms with van der Waals surface area (Å²) in [6, 6.07) is 9.54. The minimum Gasteiger partial charge on any atom is -0.341 e. The first-order valence-corrected chi connectivity index (χ1v) is 11.5. The van der Waals surface area contributed by atoms with Crippen molar-refractivity contribution in [3.8, 4) is 0 Å². The molecule has 28 heavy (non-hydrogen) atoms. The van der Waals surface area contributed by atoms with Gasteiger partial charge in [0.05, 0.1) is 16.7 Å². The minimum atomic E-state index is -0.309. The maximum absolute atomic E-state index is 12.8. The van der Waals surface area contributed by atoms with Crippen LogP contribution < -0.4 is 10.0 Å². The summed E-state index contributed by atoms with van der Waals surface area (Å²) < 4.78 is 3.34. The van der Waals surface area contributed by atoms with E-state index in [0.717, 1.165) is 39.8 Å². The van der Waals surface area contributed by atoms with Crippen LogP contribution in [0.15, 0.2) is 41.9 Å². The molecule has 0 atom stereocenters. The lowest BCUT2D eigenvalue weighted by Gasteiger charge is -2.15. The Morgan fingerprint density at radius 2 is 2.07 bits per heavy atom. The van der Waals surface area contributed by atoms with Crippen LogP contribution in [0, 0.1) is 0 Å². The molecule has 0 unspecified atom stereocenters. The predicted molar refractivity (Wildman–Crippen MR) is 118 cm³/mol. The second kappa shape index (κ2) is 8.09. The summed E-state index contributed by atoms with van der Waals surface area (Å²) >= 11 is 3.36. The maximum Gasteiger partial charge on any atom is 0.252 e. The lowest BCUT2D eigenvalue weighted by atomic mass is 10.1. The largest absolute Gasteiger partial charge is 0.341 e. The number of nitrogens with zero attached hydrogens (tertiary/aromatic N) is 2. The van der Waals surface area contributed by atoms with Crippen LogP contribution in [0.4, 0.5) is 5.13 Å². The Morgan fingerprint density at radius 1 is 1.25 bits per heavy atom. The van der Waals surface area contributed by atoms with Gasteiger partial charge >= 0.3 is 0 Å². The molecule has 2 aliphatic carbocycles. The fourth-order valence-electron chi connectivity index (χ4n) is 2.93. The molecule has 2 aliphatic rings. The maximum atomic E-state index is 12.8. The number of anilines is 1. The van der Waals surface area contributed by atoms with Crippen molar-refractivity contribution in [3.63, 3.8) is 0 Å². The summed E-state index contributed by atoms with van der Waals surface area (Å²) in [5.41, 5.74) is 2.13. The van der Waals surface area contributed by atoms with Gasteiger partial charge in [-0.25, -0.2) is 4.98 Å². The van der Waals surface area contributed by atoms with E-state index in [4.69, 9.17) is 4.98 Å². The Labute approximate surface area is 173 Å². The van der Waals surface area contributed by atoms with Crippen molar-refractivity contribution in [1.29, 1.82) is 0 Å². The number of hydrogen-bond donors (Lipinski definition) is 2. The van der Waals surface area contributed by atoms with Gasteiger partial charge in [0.15, 0.2) is 5.13 Å². The molecule has 1 amide bonds. The Morgan fingerprint density at radius 3 is 2.82 bits per heavy atom. The topological polar surface area (TPSA) is 66.9 Å². The number of nitrogens with one attached hydrogen (secondary N) is 2. The van der Waals surface area contributed by atoms with Crippen molar-refractivity contribution >= 4 is 45.2 Å². The van der Waals surface area contributed by atoms with Crippen molar-refractivity contribution in [1.82, 2.24) is 15.3 Å². The van der Waals surface area contributed by atoms with Crippen LogP contribution >= 0.6 is 23.3 Å². The summed E-state index contributed by atoms with van der Waals surface area (Å²) in [4.78, 5) is 21.8. The van der Waals surface area contributed by atoms with E-state index in [2.05, 4.69) is 20.4 Å². The quantitative estimate of drug-likeness (QED) is 0.534. The first-order chi connectivity index (χ1) is 13.7. The van der Waals surface area contributed by atoms with Gasteiger partial charge in [-0.3, -0.25) is 9.78 Å². The number of fused-ring (bicyclic) bond motifs is 1. The van der Waals surface area contributed by atoms with E-state index in [1.807, 2.05) is 44.2 Å². The lowest BCUT2D eigenvalue weighted by Crippen LogP contribution is -2.35. The molecule has 0 saturated heterocycles. The molecule has 2 fully saturated rings. The smallest absolute Gasteiger partial charge is 0.252 e. The zero-order valence-corrected chi connectivity index (χ0v) is 17.7. The van der Waals surface area contributed by atoms with Gasteiger partial charge in [-0.05, 0) is 55.8 Å². The van der Waals surface area contributed by atoms with Crippen molar-refractivity contribution in [3.05, 3.63) is 53.2 Å². The van der Waals surface area contributed by atoms with Crippen LogP contribution in [0.5, 0.6) is 0 Å². The molecular weight excluding hydrogens is 388 g/mol. The van der Waals surface area contributed by atoms with E-state index >= 15 is 0 Å². The van der Waals surface area contributed by atoms with E-state index in [1.54, 1.807) is 29.5 Å². The highest BCUT2D eigenvalue weighted by molar-refractivity contribution is 8.01. The summed E-state index contributed by atoms with van der Waals surface area (Å²) in [6.45, 7) is 4.00. The molecule has 2 heterocycles. The number of carbonyl (C=O) groups excluding carboxylic acids is 1. The van der Waals surface area contributed by atoms with Crippen molar-refractivity contribution in [2.45, 2.75) is 50.3 Å². The van der Waals surface area contributed by atoms with Gasteiger partial charge in [0.1, 0.15) is 0 Å².